The van der Waals surface area contributed by atoms with Gasteiger partial charge in [0.15, 0.2) is 5.82 Å². The lowest BCUT2D eigenvalue weighted by atomic mass is 10.1. The lowest BCUT2D eigenvalue weighted by Crippen LogP contribution is -2.30. The molecule has 1 unspecified atom stereocenters. The molecule has 0 fully saturated rings. The SMILES string of the molecule is CCCC(Cc1nc(Cc2nc(C)cs2)no1)NCC. The Bertz CT molecular complexity index is 517. The Morgan fingerprint density at radius 2 is 2.20 bits per heavy atom. The fraction of sp³-hybridized carbons (Fsp3) is 0.643. The summed E-state index contributed by atoms with van der Waals surface area (Å²) in [7, 11) is 0. The van der Waals surface area contributed by atoms with E-state index in [1.54, 1.807) is 11.3 Å². The third-order valence-electron chi connectivity index (χ3n) is 3.04. The molecular formula is C14H22N4OS. The molecule has 0 amide bonds. The van der Waals surface area contributed by atoms with Gasteiger partial charge in [0, 0.05) is 23.5 Å². The molecule has 20 heavy (non-hydrogen) atoms. The van der Waals surface area contributed by atoms with Crippen molar-refractivity contribution in [1.29, 1.82) is 0 Å². The monoisotopic (exact) mass is 294 g/mol. The number of likely N-dealkylation sites (N-methyl/N-ethyl adjacent to an activating group) is 1. The molecule has 0 saturated heterocycles. The second-order valence-corrected chi connectivity index (χ2v) is 5.85. The summed E-state index contributed by atoms with van der Waals surface area (Å²) in [6.45, 7) is 7.26. The van der Waals surface area contributed by atoms with E-state index in [9.17, 15) is 0 Å². The molecule has 2 aromatic heterocycles. The van der Waals surface area contributed by atoms with Crippen molar-refractivity contribution in [2.24, 2.45) is 0 Å². The predicted octanol–water partition coefficient (Wildman–Crippen LogP) is 2.75. The zero-order valence-electron chi connectivity index (χ0n) is 12.3. The number of nitrogens with zero attached hydrogens (tertiary/aromatic N) is 3. The minimum absolute atomic E-state index is 0.417. The number of nitrogens with one attached hydrogen (secondary N) is 1. The molecule has 1 atom stereocenters. The van der Waals surface area contributed by atoms with Crippen LogP contribution in [0, 0.1) is 6.92 Å². The Morgan fingerprint density at radius 1 is 1.35 bits per heavy atom. The molecule has 0 aliphatic rings. The molecule has 0 aliphatic carbocycles. The third kappa shape index (κ3) is 4.38. The average molecular weight is 294 g/mol. The van der Waals surface area contributed by atoms with Crippen LogP contribution in [0.15, 0.2) is 9.90 Å². The van der Waals surface area contributed by atoms with Gasteiger partial charge < -0.3 is 9.84 Å². The molecule has 1 N–H and O–H groups in total. The average Bonchev–Trinajstić information content (AvgIpc) is 3.00. The molecule has 5 nitrogen and oxygen atoms in total. The molecule has 2 rings (SSSR count). The van der Waals surface area contributed by atoms with E-state index < -0.39 is 0 Å². The highest BCUT2D eigenvalue weighted by atomic mass is 32.1. The van der Waals surface area contributed by atoms with Crippen LogP contribution in [0.5, 0.6) is 0 Å². The topological polar surface area (TPSA) is 63.8 Å². The first-order valence-corrected chi connectivity index (χ1v) is 8.05. The summed E-state index contributed by atoms with van der Waals surface area (Å²) in [6.07, 6.45) is 3.72. The minimum atomic E-state index is 0.417. The highest BCUT2D eigenvalue weighted by Crippen LogP contribution is 2.13. The van der Waals surface area contributed by atoms with Crippen molar-refractivity contribution < 1.29 is 4.52 Å². The van der Waals surface area contributed by atoms with Crippen LogP contribution >= 0.6 is 11.3 Å². The summed E-state index contributed by atoms with van der Waals surface area (Å²) in [5.74, 6) is 1.44. The number of thiazole rings is 1. The van der Waals surface area contributed by atoms with Gasteiger partial charge >= 0.3 is 0 Å². The zero-order chi connectivity index (χ0) is 14.4. The summed E-state index contributed by atoms with van der Waals surface area (Å²) in [6, 6.07) is 0.417. The maximum Gasteiger partial charge on any atom is 0.228 e. The van der Waals surface area contributed by atoms with E-state index in [-0.39, 0.29) is 0 Å². The predicted molar refractivity (Wildman–Crippen MR) is 80.0 cm³/mol. The van der Waals surface area contributed by atoms with Crippen LogP contribution in [-0.2, 0) is 12.8 Å². The summed E-state index contributed by atoms with van der Waals surface area (Å²) < 4.78 is 5.34. The summed E-state index contributed by atoms with van der Waals surface area (Å²) in [4.78, 5) is 8.89. The van der Waals surface area contributed by atoms with Gasteiger partial charge in [-0.3, -0.25) is 0 Å². The highest BCUT2D eigenvalue weighted by Gasteiger charge is 2.14. The molecule has 0 spiro atoms. The van der Waals surface area contributed by atoms with E-state index in [0.717, 1.165) is 42.3 Å². The number of hydrogen-bond acceptors (Lipinski definition) is 6. The summed E-state index contributed by atoms with van der Waals surface area (Å²) >= 11 is 1.64. The summed E-state index contributed by atoms with van der Waals surface area (Å²) in [5, 5.41) is 10.6. The van der Waals surface area contributed by atoms with Crippen LogP contribution < -0.4 is 5.32 Å². The normalized spacial score (nSPS) is 12.8. The van der Waals surface area contributed by atoms with Gasteiger partial charge in [-0.05, 0) is 19.9 Å². The first kappa shape index (κ1) is 15.1. The van der Waals surface area contributed by atoms with Crippen molar-refractivity contribution in [3.8, 4) is 0 Å². The van der Waals surface area contributed by atoms with Gasteiger partial charge in [0.1, 0.15) is 5.01 Å². The van der Waals surface area contributed by atoms with E-state index in [1.807, 2.05) is 12.3 Å². The summed E-state index contributed by atoms with van der Waals surface area (Å²) in [5.41, 5.74) is 1.05. The Morgan fingerprint density at radius 3 is 2.85 bits per heavy atom. The van der Waals surface area contributed by atoms with Crippen molar-refractivity contribution >= 4 is 11.3 Å². The lowest BCUT2D eigenvalue weighted by Gasteiger charge is -2.14. The maximum absolute atomic E-state index is 5.34. The van der Waals surface area contributed by atoms with E-state index in [0.29, 0.717) is 18.4 Å². The van der Waals surface area contributed by atoms with Crippen molar-refractivity contribution in [2.45, 2.75) is 52.5 Å². The first-order chi connectivity index (χ1) is 9.71. The Balaban J connectivity index is 1.94. The Labute approximate surface area is 123 Å². The number of rotatable bonds is 8. The molecule has 2 aromatic rings. The van der Waals surface area contributed by atoms with Gasteiger partial charge in [0.05, 0.1) is 6.42 Å². The lowest BCUT2D eigenvalue weighted by molar-refractivity contribution is 0.349. The highest BCUT2D eigenvalue weighted by molar-refractivity contribution is 7.09. The Hall–Kier alpha value is -1.27. The van der Waals surface area contributed by atoms with Crippen molar-refractivity contribution in [3.63, 3.8) is 0 Å². The van der Waals surface area contributed by atoms with Crippen LogP contribution in [0.3, 0.4) is 0 Å². The van der Waals surface area contributed by atoms with Crippen molar-refractivity contribution in [1.82, 2.24) is 20.4 Å². The van der Waals surface area contributed by atoms with E-state index in [2.05, 4.69) is 34.3 Å². The number of aromatic nitrogens is 3. The molecule has 0 aliphatic heterocycles. The second kappa shape index (κ2) is 7.50. The fourth-order valence-corrected chi connectivity index (χ4v) is 2.96. The van der Waals surface area contributed by atoms with Crippen molar-refractivity contribution in [3.05, 3.63) is 27.8 Å². The molecule has 2 heterocycles. The van der Waals surface area contributed by atoms with Gasteiger partial charge in [-0.2, -0.15) is 4.98 Å². The third-order valence-corrected chi connectivity index (χ3v) is 4.00. The van der Waals surface area contributed by atoms with Crippen molar-refractivity contribution in [2.75, 3.05) is 6.54 Å². The fourth-order valence-electron chi connectivity index (χ4n) is 2.19. The van der Waals surface area contributed by atoms with Crippen LogP contribution in [-0.4, -0.2) is 27.7 Å². The van der Waals surface area contributed by atoms with Gasteiger partial charge in [0.25, 0.3) is 0 Å². The second-order valence-electron chi connectivity index (χ2n) is 4.91. The first-order valence-electron chi connectivity index (χ1n) is 7.17. The molecule has 0 saturated carbocycles. The molecule has 0 bridgehead atoms. The molecule has 0 aromatic carbocycles. The van der Waals surface area contributed by atoms with Crippen LogP contribution in [0.25, 0.3) is 0 Å². The van der Waals surface area contributed by atoms with Gasteiger partial charge in [-0.25, -0.2) is 4.98 Å². The zero-order valence-corrected chi connectivity index (χ0v) is 13.2. The maximum atomic E-state index is 5.34. The van der Waals surface area contributed by atoms with Gasteiger partial charge in [-0.15, -0.1) is 11.3 Å². The minimum Gasteiger partial charge on any atom is -0.339 e. The van der Waals surface area contributed by atoms with Crippen LogP contribution in [0.2, 0.25) is 0 Å². The van der Waals surface area contributed by atoms with Crippen LogP contribution in [0.4, 0.5) is 0 Å². The quantitative estimate of drug-likeness (QED) is 0.811. The molecule has 6 heteroatoms. The molecule has 110 valence electrons. The van der Waals surface area contributed by atoms with E-state index >= 15 is 0 Å². The van der Waals surface area contributed by atoms with Gasteiger partial charge in [-0.1, -0.05) is 25.4 Å². The van der Waals surface area contributed by atoms with E-state index in [4.69, 9.17) is 4.52 Å². The van der Waals surface area contributed by atoms with Crippen LogP contribution in [0.1, 0.15) is 49.1 Å². The number of aryl methyl sites for hydroxylation is 1. The molecular weight excluding hydrogens is 272 g/mol. The van der Waals surface area contributed by atoms with E-state index in [1.165, 1.54) is 0 Å². The Kier molecular flexibility index (Phi) is 5.67. The van der Waals surface area contributed by atoms with Gasteiger partial charge in [0.2, 0.25) is 5.89 Å². The standard InChI is InChI=1S/C14H22N4OS/c1-4-6-11(15-5-2)7-13-17-12(18-19-13)8-14-16-10(3)9-20-14/h9,11,15H,4-8H2,1-3H3. The molecule has 0 radical (unpaired) electrons. The number of hydrogen-bond donors (Lipinski definition) is 1. The largest absolute Gasteiger partial charge is 0.339 e. The smallest absolute Gasteiger partial charge is 0.228 e.